The van der Waals surface area contributed by atoms with Crippen molar-refractivity contribution < 1.29 is 14.3 Å². The number of thiophene rings is 1. The number of rotatable bonds is 5. The van der Waals surface area contributed by atoms with E-state index in [-0.39, 0.29) is 11.6 Å². The largest absolute Gasteiger partial charge is 0.462 e. The lowest BCUT2D eigenvalue weighted by Crippen LogP contribution is -2.24. The number of benzene rings is 1. The van der Waals surface area contributed by atoms with Crippen LogP contribution in [0.25, 0.3) is 10.1 Å². The van der Waals surface area contributed by atoms with Crippen LogP contribution in [0.15, 0.2) is 41.8 Å². The number of aryl methyl sites for hydroxylation is 1. The van der Waals surface area contributed by atoms with E-state index in [0.717, 1.165) is 10.9 Å². The smallest absolute Gasteiger partial charge is 0.339 e. The lowest BCUT2D eigenvalue weighted by Gasteiger charge is -2.08. The number of fused-ring (bicyclic) bond motifs is 1. The predicted molar refractivity (Wildman–Crippen MR) is 97.9 cm³/mol. The molecular formula is C19H18N2O3S. The van der Waals surface area contributed by atoms with Crippen LogP contribution in [-0.2, 0) is 11.3 Å². The first-order valence-electron chi connectivity index (χ1n) is 7.98. The Bertz CT molecular complexity index is 933. The molecule has 6 heteroatoms. The van der Waals surface area contributed by atoms with Crippen molar-refractivity contribution in [2.24, 2.45) is 0 Å². The third-order valence-electron chi connectivity index (χ3n) is 3.81. The number of hydrogen-bond donors (Lipinski definition) is 1. The second-order valence-electron chi connectivity index (χ2n) is 5.49. The molecule has 2 aromatic heterocycles. The number of amides is 1. The van der Waals surface area contributed by atoms with Gasteiger partial charge < -0.3 is 10.1 Å². The van der Waals surface area contributed by atoms with Crippen LogP contribution < -0.4 is 5.32 Å². The summed E-state index contributed by atoms with van der Waals surface area (Å²) >= 11 is 1.66. The standard InChI is InChI=1S/C19H18N2O3S/c1-3-24-19(23)14-8-9-16(21-12(14)2)18(22)20-10-13-11-25-17-7-5-4-6-15(13)17/h4-9,11H,3,10H2,1-2H3,(H,20,22). The Labute approximate surface area is 149 Å². The molecule has 1 amide bonds. The van der Waals surface area contributed by atoms with Gasteiger partial charge in [-0.05, 0) is 48.4 Å². The summed E-state index contributed by atoms with van der Waals surface area (Å²) in [5.74, 6) is -0.696. The van der Waals surface area contributed by atoms with Gasteiger partial charge >= 0.3 is 5.97 Å². The SMILES string of the molecule is CCOC(=O)c1ccc(C(=O)NCc2csc3ccccc23)nc1C. The molecule has 5 nitrogen and oxygen atoms in total. The van der Waals surface area contributed by atoms with Crippen molar-refractivity contribution in [3.63, 3.8) is 0 Å². The van der Waals surface area contributed by atoms with Crippen LogP contribution in [0.5, 0.6) is 0 Å². The van der Waals surface area contributed by atoms with Crippen molar-refractivity contribution in [3.8, 4) is 0 Å². The van der Waals surface area contributed by atoms with E-state index in [4.69, 9.17) is 4.74 Å². The molecule has 0 aliphatic heterocycles. The highest BCUT2D eigenvalue weighted by atomic mass is 32.1. The van der Waals surface area contributed by atoms with Crippen LogP contribution in [0, 0.1) is 6.92 Å². The fourth-order valence-corrected chi connectivity index (χ4v) is 3.51. The molecule has 3 aromatic rings. The Morgan fingerprint density at radius 1 is 1.20 bits per heavy atom. The molecule has 25 heavy (non-hydrogen) atoms. The maximum Gasteiger partial charge on any atom is 0.339 e. The summed E-state index contributed by atoms with van der Waals surface area (Å²) in [5, 5.41) is 6.08. The number of carbonyl (C=O) groups excluding carboxylic acids is 2. The van der Waals surface area contributed by atoms with Crippen molar-refractivity contribution in [3.05, 3.63) is 64.3 Å². The molecule has 3 rings (SSSR count). The van der Waals surface area contributed by atoms with E-state index in [9.17, 15) is 9.59 Å². The first kappa shape index (κ1) is 17.1. The van der Waals surface area contributed by atoms with E-state index >= 15 is 0 Å². The molecular weight excluding hydrogens is 336 g/mol. The number of aromatic nitrogens is 1. The molecule has 2 heterocycles. The molecule has 0 fully saturated rings. The molecule has 0 unspecified atom stereocenters. The van der Waals surface area contributed by atoms with Crippen LogP contribution in [0.4, 0.5) is 0 Å². The second kappa shape index (κ2) is 7.44. The molecule has 1 aromatic carbocycles. The fraction of sp³-hybridized carbons (Fsp3) is 0.211. The zero-order valence-electron chi connectivity index (χ0n) is 14.0. The van der Waals surface area contributed by atoms with Crippen LogP contribution in [0.2, 0.25) is 0 Å². The summed E-state index contributed by atoms with van der Waals surface area (Å²) in [7, 11) is 0. The molecule has 0 saturated carbocycles. The molecule has 0 aliphatic rings. The molecule has 0 spiro atoms. The Morgan fingerprint density at radius 3 is 2.76 bits per heavy atom. The first-order chi connectivity index (χ1) is 12.1. The van der Waals surface area contributed by atoms with Gasteiger partial charge in [-0.15, -0.1) is 11.3 Å². The van der Waals surface area contributed by atoms with Gasteiger partial charge in [0.2, 0.25) is 0 Å². The first-order valence-corrected chi connectivity index (χ1v) is 8.86. The average molecular weight is 354 g/mol. The molecule has 0 radical (unpaired) electrons. The number of esters is 1. The maximum atomic E-state index is 12.3. The number of nitrogens with one attached hydrogen (secondary N) is 1. The zero-order chi connectivity index (χ0) is 17.8. The maximum absolute atomic E-state index is 12.3. The average Bonchev–Trinajstić information content (AvgIpc) is 3.03. The molecule has 0 bridgehead atoms. The van der Waals surface area contributed by atoms with Gasteiger partial charge in [0.15, 0.2) is 0 Å². The summed E-state index contributed by atoms with van der Waals surface area (Å²) in [6, 6.07) is 11.2. The van der Waals surface area contributed by atoms with Crippen LogP contribution in [-0.4, -0.2) is 23.5 Å². The predicted octanol–water partition coefficient (Wildman–Crippen LogP) is 3.71. The molecule has 1 N–H and O–H groups in total. The van der Waals surface area contributed by atoms with Crippen molar-refractivity contribution in [2.45, 2.75) is 20.4 Å². The van der Waals surface area contributed by atoms with Crippen LogP contribution in [0.3, 0.4) is 0 Å². The van der Waals surface area contributed by atoms with Crippen LogP contribution in [0.1, 0.15) is 39.0 Å². The van der Waals surface area contributed by atoms with Gasteiger partial charge in [-0.2, -0.15) is 0 Å². The van der Waals surface area contributed by atoms with Gasteiger partial charge in [-0.3, -0.25) is 4.79 Å². The topological polar surface area (TPSA) is 68.3 Å². The monoisotopic (exact) mass is 354 g/mol. The fourth-order valence-electron chi connectivity index (χ4n) is 2.55. The van der Waals surface area contributed by atoms with E-state index in [0.29, 0.717) is 24.4 Å². The quantitative estimate of drug-likeness (QED) is 0.709. The van der Waals surface area contributed by atoms with Crippen molar-refractivity contribution in [2.75, 3.05) is 6.61 Å². The van der Waals surface area contributed by atoms with Crippen LogP contribution >= 0.6 is 11.3 Å². The van der Waals surface area contributed by atoms with Gasteiger partial charge in [0.05, 0.1) is 17.9 Å². The van der Waals surface area contributed by atoms with Gasteiger partial charge in [0.1, 0.15) is 5.69 Å². The second-order valence-corrected chi connectivity index (χ2v) is 6.40. The zero-order valence-corrected chi connectivity index (χ0v) is 14.9. The van der Waals surface area contributed by atoms with Crippen molar-refractivity contribution in [1.29, 1.82) is 0 Å². The normalized spacial score (nSPS) is 10.6. The minimum absolute atomic E-state index is 0.270. The van der Waals surface area contributed by atoms with E-state index in [1.165, 1.54) is 4.70 Å². The Kier molecular flexibility index (Phi) is 5.09. The van der Waals surface area contributed by atoms with Gasteiger partial charge in [0, 0.05) is 11.2 Å². The van der Waals surface area contributed by atoms with E-state index in [1.807, 2.05) is 23.6 Å². The summed E-state index contributed by atoms with van der Waals surface area (Å²) in [5.41, 5.74) is 2.22. The van der Waals surface area contributed by atoms with Crippen molar-refractivity contribution in [1.82, 2.24) is 10.3 Å². The Hall–Kier alpha value is -2.73. The minimum Gasteiger partial charge on any atom is -0.462 e. The number of carbonyl (C=O) groups is 2. The molecule has 0 atom stereocenters. The highest BCUT2D eigenvalue weighted by Gasteiger charge is 2.15. The van der Waals surface area contributed by atoms with E-state index in [2.05, 4.69) is 16.4 Å². The van der Waals surface area contributed by atoms with Crippen molar-refractivity contribution >= 4 is 33.3 Å². The summed E-state index contributed by atoms with van der Waals surface area (Å²) in [6.07, 6.45) is 0. The molecule has 0 saturated heterocycles. The molecule has 0 aliphatic carbocycles. The summed E-state index contributed by atoms with van der Waals surface area (Å²) in [6.45, 7) is 4.17. The van der Waals surface area contributed by atoms with E-state index in [1.54, 1.807) is 37.3 Å². The lowest BCUT2D eigenvalue weighted by atomic mass is 10.1. The minimum atomic E-state index is -0.427. The van der Waals surface area contributed by atoms with Gasteiger partial charge in [-0.1, -0.05) is 18.2 Å². The summed E-state index contributed by atoms with van der Waals surface area (Å²) in [4.78, 5) is 28.4. The summed E-state index contributed by atoms with van der Waals surface area (Å²) < 4.78 is 6.16. The van der Waals surface area contributed by atoms with E-state index < -0.39 is 5.97 Å². The van der Waals surface area contributed by atoms with Gasteiger partial charge in [0.25, 0.3) is 5.91 Å². The third kappa shape index (κ3) is 3.69. The lowest BCUT2D eigenvalue weighted by molar-refractivity contribution is 0.0524. The molecule has 128 valence electrons. The highest BCUT2D eigenvalue weighted by molar-refractivity contribution is 7.17. The Morgan fingerprint density at radius 2 is 2.00 bits per heavy atom. The number of nitrogens with zero attached hydrogens (tertiary/aromatic N) is 1. The Balaban J connectivity index is 1.71. The number of hydrogen-bond acceptors (Lipinski definition) is 5. The highest BCUT2D eigenvalue weighted by Crippen LogP contribution is 2.25. The number of ether oxygens (including phenoxy) is 1. The van der Waals surface area contributed by atoms with Gasteiger partial charge in [-0.25, -0.2) is 9.78 Å². The third-order valence-corrected chi connectivity index (χ3v) is 4.83. The number of pyridine rings is 1.